The van der Waals surface area contributed by atoms with Gasteiger partial charge in [0.15, 0.2) is 5.16 Å². The van der Waals surface area contributed by atoms with Crippen molar-refractivity contribution in [1.82, 2.24) is 15.2 Å². The van der Waals surface area contributed by atoms with Gasteiger partial charge in [-0.1, -0.05) is 11.8 Å². The summed E-state index contributed by atoms with van der Waals surface area (Å²) in [6.45, 7) is 0. The molecule has 0 fully saturated rings. The fourth-order valence-corrected chi connectivity index (χ4v) is 1.97. The van der Waals surface area contributed by atoms with E-state index in [-0.39, 0.29) is 11.7 Å². The van der Waals surface area contributed by atoms with Gasteiger partial charge in [0.25, 0.3) is 0 Å². The number of thioether (sulfide) groups is 1. The van der Waals surface area contributed by atoms with E-state index in [1.165, 1.54) is 25.2 Å². The van der Waals surface area contributed by atoms with E-state index < -0.39 is 0 Å². The molecule has 8 heteroatoms. The number of methoxy groups -OCH3 is 1. The molecule has 0 atom stereocenters. The SMILES string of the molecule is COc1cc(N)ccc1NC(=O)CSc1ncn[nH]1. The molecule has 0 saturated carbocycles. The minimum absolute atomic E-state index is 0.163. The lowest BCUT2D eigenvalue weighted by atomic mass is 10.2. The average Bonchev–Trinajstić information content (AvgIpc) is 2.91. The smallest absolute Gasteiger partial charge is 0.234 e. The zero-order valence-electron chi connectivity index (χ0n) is 10.2. The number of nitrogens with two attached hydrogens (primary N) is 1. The highest BCUT2D eigenvalue weighted by Gasteiger charge is 2.09. The van der Waals surface area contributed by atoms with Crippen LogP contribution in [0.2, 0.25) is 0 Å². The maximum Gasteiger partial charge on any atom is 0.234 e. The minimum Gasteiger partial charge on any atom is -0.494 e. The minimum atomic E-state index is -0.163. The van der Waals surface area contributed by atoms with Crippen molar-refractivity contribution in [3.63, 3.8) is 0 Å². The molecule has 0 bridgehead atoms. The fraction of sp³-hybridized carbons (Fsp3) is 0.182. The van der Waals surface area contributed by atoms with Crippen LogP contribution in [-0.4, -0.2) is 34.0 Å². The van der Waals surface area contributed by atoms with Crippen molar-refractivity contribution in [1.29, 1.82) is 0 Å². The van der Waals surface area contributed by atoms with Crippen LogP contribution in [0.1, 0.15) is 0 Å². The monoisotopic (exact) mass is 279 g/mol. The van der Waals surface area contributed by atoms with Crippen molar-refractivity contribution in [2.45, 2.75) is 5.16 Å². The number of rotatable bonds is 5. The molecule has 100 valence electrons. The molecule has 1 aromatic carbocycles. The van der Waals surface area contributed by atoms with E-state index >= 15 is 0 Å². The van der Waals surface area contributed by atoms with Gasteiger partial charge in [-0.25, -0.2) is 4.98 Å². The Kier molecular flexibility index (Phi) is 4.24. The molecule has 0 aliphatic carbocycles. The van der Waals surface area contributed by atoms with Crippen molar-refractivity contribution in [2.24, 2.45) is 0 Å². The molecule has 0 aliphatic rings. The number of aromatic amines is 1. The Hall–Kier alpha value is -2.22. The molecule has 7 nitrogen and oxygen atoms in total. The summed E-state index contributed by atoms with van der Waals surface area (Å²) < 4.78 is 5.15. The average molecular weight is 279 g/mol. The van der Waals surface area contributed by atoms with Crippen LogP contribution >= 0.6 is 11.8 Å². The van der Waals surface area contributed by atoms with Crippen LogP contribution < -0.4 is 15.8 Å². The van der Waals surface area contributed by atoms with Gasteiger partial charge >= 0.3 is 0 Å². The fourth-order valence-electron chi connectivity index (χ4n) is 1.40. The Morgan fingerprint density at radius 2 is 2.42 bits per heavy atom. The number of H-pyrrole nitrogens is 1. The molecule has 0 aliphatic heterocycles. The van der Waals surface area contributed by atoms with Crippen LogP contribution in [0.4, 0.5) is 11.4 Å². The molecule has 0 radical (unpaired) electrons. The number of ether oxygens (including phenoxy) is 1. The number of aromatic nitrogens is 3. The van der Waals surface area contributed by atoms with Crippen molar-refractivity contribution >= 4 is 29.0 Å². The summed E-state index contributed by atoms with van der Waals surface area (Å²) in [4.78, 5) is 15.7. The second kappa shape index (κ2) is 6.10. The Bertz CT molecular complexity index is 558. The Balaban J connectivity index is 1.95. The van der Waals surface area contributed by atoms with Crippen LogP contribution in [0.3, 0.4) is 0 Å². The summed E-state index contributed by atoms with van der Waals surface area (Å²) in [7, 11) is 1.52. The van der Waals surface area contributed by atoms with Gasteiger partial charge in [0.05, 0.1) is 18.6 Å². The molecule has 0 spiro atoms. The number of carbonyl (C=O) groups is 1. The van der Waals surface area contributed by atoms with Crippen LogP contribution in [-0.2, 0) is 4.79 Å². The number of hydrogen-bond acceptors (Lipinski definition) is 6. The quantitative estimate of drug-likeness (QED) is 0.559. The van der Waals surface area contributed by atoms with Gasteiger partial charge in [0.2, 0.25) is 5.91 Å². The topological polar surface area (TPSA) is 106 Å². The van der Waals surface area contributed by atoms with Crippen molar-refractivity contribution in [2.75, 3.05) is 23.9 Å². The molecular formula is C11H13N5O2S. The number of nitrogens with zero attached hydrogens (tertiary/aromatic N) is 2. The zero-order valence-corrected chi connectivity index (χ0v) is 11.0. The van der Waals surface area contributed by atoms with Crippen LogP contribution in [0.15, 0.2) is 29.7 Å². The number of amides is 1. The van der Waals surface area contributed by atoms with E-state index in [0.717, 1.165) is 0 Å². The third-order valence-electron chi connectivity index (χ3n) is 2.23. The molecule has 4 N–H and O–H groups in total. The molecule has 1 amide bonds. The van der Waals surface area contributed by atoms with Crippen molar-refractivity contribution in [3.8, 4) is 5.75 Å². The Morgan fingerprint density at radius 1 is 1.58 bits per heavy atom. The number of hydrogen-bond donors (Lipinski definition) is 3. The lowest BCUT2D eigenvalue weighted by Gasteiger charge is -2.10. The van der Waals surface area contributed by atoms with Crippen molar-refractivity contribution in [3.05, 3.63) is 24.5 Å². The van der Waals surface area contributed by atoms with Crippen LogP contribution in [0.5, 0.6) is 5.75 Å². The lowest BCUT2D eigenvalue weighted by Crippen LogP contribution is -2.14. The standard InChI is InChI=1S/C11H13N5O2S/c1-18-9-4-7(12)2-3-8(9)15-10(17)5-19-11-13-6-14-16-11/h2-4,6H,5,12H2,1H3,(H,15,17)(H,13,14,16). The molecular weight excluding hydrogens is 266 g/mol. The summed E-state index contributed by atoms with van der Waals surface area (Å²) >= 11 is 1.26. The van der Waals surface area contributed by atoms with E-state index in [2.05, 4.69) is 20.5 Å². The van der Waals surface area contributed by atoms with E-state index in [0.29, 0.717) is 22.3 Å². The van der Waals surface area contributed by atoms with Crippen LogP contribution in [0, 0.1) is 0 Å². The summed E-state index contributed by atoms with van der Waals surface area (Å²) in [5.41, 5.74) is 6.80. The third kappa shape index (κ3) is 3.62. The van der Waals surface area contributed by atoms with Gasteiger partial charge in [0, 0.05) is 11.8 Å². The number of nitrogen functional groups attached to an aromatic ring is 1. The summed E-state index contributed by atoms with van der Waals surface area (Å²) in [5.74, 6) is 0.588. The number of benzene rings is 1. The first-order valence-corrected chi connectivity index (χ1v) is 6.39. The Morgan fingerprint density at radius 3 is 3.11 bits per heavy atom. The van der Waals surface area contributed by atoms with E-state index in [4.69, 9.17) is 10.5 Å². The molecule has 0 unspecified atom stereocenters. The summed E-state index contributed by atoms with van der Waals surface area (Å²) in [6, 6.07) is 5.05. The number of anilines is 2. The molecule has 2 aromatic rings. The predicted octanol–water partition coefficient (Wildman–Crippen LogP) is 1.13. The second-order valence-electron chi connectivity index (χ2n) is 3.59. The maximum absolute atomic E-state index is 11.8. The summed E-state index contributed by atoms with van der Waals surface area (Å²) in [5, 5.41) is 9.71. The molecule has 1 heterocycles. The normalized spacial score (nSPS) is 10.2. The van der Waals surface area contributed by atoms with Gasteiger partial charge in [-0.2, -0.15) is 5.10 Å². The number of carbonyl (C=O) groups excluding carboxylic acids is 1. The van der Waals surface area contributed by atoms with Crippen molar-refractivity contribution < 1.29 is 9.53 Å². The highest BCUT2D eigenvalue weighted by molar-refractivity contribution is 7.99. The van der Waals surface area contributed by atoms with Crippen LogP contribution in [0.25, 0.3) is 0 Å². The highest BCUT2D eigenvalue weighted by atomic mass is 32.2. The first kappa shape index (κ1) is 13.2. The Labute approximate surface area is 113 Å². The number of nitrogens with one attached hydrogen (secondary N) is 2. The van der Waals surface area contributed by atoms with Gasteiger partial charge in [-0.15, -0.1) is 0 Å². The van der Waals surface area contributed by atoms with Gasteiger partial charge < -0.3 is 15.8 Å². The predicted molar refractivity (Wildman–Crippen MR) is 73.1 cm³/mol. The van der Waals surface area contributed by atoms with Gasteiger partial charge in [-0.05, 0) is 12.1 Å². The van der Waals surface area contributed by atoms with E-state index in [1.54, 1.807) is 18.2 Å². The first-order chi connectivity index (χ1) is 9.19. The molecule has 19 heavy (non-hydrogen) atoms. The summed E-state index contributed by atoms with van der Waals surface area (Å²) in [6.07, 6.45) is 1.39. The molecule has 0 saturated heterocycles. The zero-order chi connectivity index (χ0) is 13.7. The van der Waals surface area contributed by atoms with E-state index in [1.807, 2.05) is 0 Å². The maximum atomic E-state index is 11.8. The molecule has 1 aromatic heterocycles. The van der Waals surface area contributed by atoms with Gasteiger partial charge in [0.1, 0.15) is 12.1 Å². The second-order valence-corrected chi connectivity index (χ2v) is 4.55. The third-order valence-corrected chi connectivity index (χ3v) is 3.11. The van der Waals surface area contributed by atoms with E-state index in [9.17, 15) is 4.79 Å². The first-order valence-electron chi connectivity index (χ1n) is 5.40. The molecule has 2 rings (SSSR count). The largest absolute Gasteiger partial charge is 0.494 e. The highest BCUT2D eigenvalue weighted by Crippen LogP contribution is 2.26. The van der Waals surface area contributed by atoms with Gasteiger partial charge in [-0.3, -0.25) is 9.89 Å². The lowest BCUT2D eigenvalue weighted by molar-refractivity contribution is -0.113.